The molecular formula is C19H24N4O2. The molecule has 0 N–H and O–H groups in total. The molecule has 0 saturated carbocycles. The fraction of sp³-hybridized carbons (Fsp3) is 0.421. The van der Waals surface area contributed by atoms with E-state index < -0.39 is 0 Å². The summed E-state index contributed by atoms with van der Waals surface area (Å²) in [5, 5.41) is 4.43. The zero-order valence-electron chi connectivity index (χ0n) is 15.2. The lowest BCUT2D eigenvalue weighted by Gasteiger charge is -2.33. The zero-order valence-corrected chi connectivity index (χ0v) is 15.2. The molecule has 0 spiro atoms. The van der Waals surface area contributed by atoms with E-state index in [9.17, 15) is 9.59 Å². The minimum atomic E-state index is -0.0737. The Morgan fingerprint density at radius 1 is 1.00 bits per heavy atom. The lowest BCUT2D eigenvalue weighted by molar-refractivity contribution is -0.130. The molecule has 25 heavy (non-hydrogen) atoms. The number of amides is 2. The number of carbonyl (C=O) groups excluding carboxylic acids is 2. The van der Waals surface area contributed by atoms with E-state index in [0.717, 1.165) is 16.8 Å². The van der Waals surface area contributed by atoms with Gasteiger partial charge in [0.2, 0.25) is 5.91 Å². The summed E-state index contributed by atoms with van der Waals surface area (Å²) in [7, 11) is 1.86. The van der Waals surface area contributed by atoms with Gasteiger partial charge in [0.1, 0.15) is 0 Å². The number of carbonyl (C=O) groups is 2. The van der Waals surface area contributed by atoms with Crippen molar-refractivity contribution in [3.63, 3.8) is 0 Å². The normalized spacial score (nSPS) is 14.7. The Balaban J connectivity index is 1.82. The standard InChI is InChI=1S/C19H24N4O2/c1-13-5-6-14(2)16(11-13)18-12-17(20-21(18)4)19(25)23-9-7-22(8-10-23)15(3)24/h5-6,11-12H,7-10H2,1-4H3. The fourth-order valence-electron chi connectivity index (χ4n) is 3.22. The maximum Gasteiger partial charge on any atom is 0.274 e. The van der Waals surface area contributed by atoms with Crippen molar-refractivity contribution in [3.8, 4) is 11.3 Å². The number of benzene rings is 1. The van der Waals surface area contributed by atoms with Gasteiger partial charge < -0.3 is 9.80 Å². The third kappa shape index (κ3) is 3.43. The van der Waals surface area contributed by atoms with Crippen LogP contribution in [0.5, 0.6) is 0 Å². The van der Waals surface area contributed by atoms with Crippen LogP contribution in [0.2, 0.25) is 0 Å². The lowest BCUT2D eigenvalue weighted by Crippen LogP contribution is -2.50. The van der Waals surface area contributed by atoms with Gasteiger partial charge >= 0.3 is 0 Å². The van der Waals surface area contributed by atoms with Crippen LogP contribution in [0.25, 0.3) is 11.3 Å². The van der Waals surface area contributed by atoms with Crippen molar-refractivity contribution < 1.29 is 9.59 Å². The van der Waals surface area contributed by atoms with Crippen LogP contribution in [0.4, 0.5) is 0 Å². The molecule has 1 aromatic carbocycles. The molecule has 0 bridgehead atoms. The number of rotatable bonds is 2. The SMILES string of the molecule is CC(=O)N1CCN(C(=O)c2cc(-c3cc(C)ccc3C)n(C)n2)CC1. The predicted octanol–water partition coefficient (Wildman–Crippen LogP) is 2.01. The fourth-order valence-corrected chi connectivity index (χ4v) is 3.22. The average Bonchev–Trinajstić information content (AvgIpc) is 2.98. The van der Waals surface area contributed by atoms with Crippen LogP contribution in [-0.2, 0) is 11.8 Å². The molecule has 1 fully saturated rings. The van der Waals surface area contributed by atoms with Gasteiger partial charge in [0.15, 0.2) is 5.69 Å². The lowest BCUT2D eigenvalue weighted by atomic mass is 10.0. The first-order valence-electron chi connectivity index (χ1n) is 8.53. The van der Waals surface area contributed by atoms with Crippen molar-refractivity contribution in [3.05, 3.63) is 41.1 Å². The molecule has 0 radical (unpaired) electrons. The summed E-state index contributed by atoms with van der Waals surface area (Å²) in [5.41, 5.74) is 4.81. The number of hydrogen-bond donors (Lipinski definition) is 0. The van der Waals surface area contributed by atoms with E-state index >= 15 is 0 Å². The van der Waals surface area contributed by atoms with Gasteiger partial charge in [-0.05, 0) is 31.5 Å². The molecule has 2 heterocycles. The second-order valence-corrected chi connectivity index (χ2v) is 6.66. The van der Waals surface area contributed by atoms with E-state index in [1.54, 1.807) is 21.4 Å². The zero-order chi connectivity index (χ0) is 18.1. The maximum atomic E-state index is 12.8. The van der Waals surface area contributed by atoms with Crippen LogP contribution in [0.3, 0.4) is 0 Å². The first-order chi connectivity index (χ1) is 11.9. The van der Waals surface area contributed by atoms with Gasteiger partial charge in [0, 0.05) is 45.7 Å². The molecule has 1 aliphatic rings. The van der Waals surface area contributed by atoms with Crippen molar-refractivity contribution in [2.24, 2.45) is 7.05 Å². The summed E-state index contributed by atoms with van der Waals surface area (Å²) in [6, 6.07) is 8.14. The molecule has 6 heteroatoms. The summed E-state index contributed by atoms with van der Waals surface area (Å²) in [5.74, 6) is -0.0162. The second-order valence-electron chi connectivity index (χ2n) is 6.66. The Morgan fingerprint density at radius 2 is 1.64 bits per heavy atom. The van der Waals surface area contributed by atoms with Gasteiger partial charge in [-0.2, -0.15) is 5.10 Å². The Hall–Kier alpha value is -2.63. The van der Waals surface area contributed by atoms with Gasteiger partial charge in [-0.15, -0.1) is 0 Å². The minimum Gasteiger partial charge on any atom is -0.339 e. The summed E-state index contributed by atoms with van der Waals surface area (Å²) >= 11 is 0. The Labute approximate surface area is 148 Å². The maximum absolute atomic E-state index is 12.8. The summed E-state index contributed by atoms with van der Waals surface area (Å²) in [4.78, 5) is 27.7. The third-order valence-corrected chi connectivity index (χ3v) is 4.78. The van der Waals surface area contributed by atoms with Gasteiger partial charge in [-0.25, -0.2) is 0 Å². The molecule has 0 atom stereocenters. The van der Waals surface area contributed by atoms with Gasteiger partial charge in [-0.1, -0.05) is 17.7 Å². The predicted molar refractivity (Wildman–Crippen MR) is 96.3 cm³/mol. The van der Waals surface area contributed by atoms with Crippen LogP contribution < -0.4 is 0 Å². The molecule has 1 saturated heterocycles. The highest BCUT2D eigenvalue weighted by atomic mass is 16.2. The van der Waals surface area contributed by atoms with Crippen LogP contribution >= 0.6 is 0 Å². The van der Waals surface area contributed by atoms with Crippen LogP contribution in [0, 0.1) is 13.8 Å². The molecule has 1 aromatic heterocycles. The Kier molecular flexibility index (Phi) is 4.61. The molecule has 3 rings (SSSR count). The smallest absolute Gasteiger partial charge is 0.274 e. The molecule has 6 nitrogen and oxygen atoms in total. The first-order valence-corrected chi connectivity index (χ1v) is 8.53. The van der Waals surface area contributed by atoms with E-state index in [-0.39, 0.29) is 11.8 Å². The topological polar surface area (TPSA) is 58.4 Å². The van der Waals surface area contributed by atoms with Crippen LogP contribution in [-0.4, -0.2) is 57.6 Å². The van der Waals surface area contributed by atoms with Crippen molar-refractivity contribution in [2.45, 2.75) is 20.8 Å². The highest BCUT2D eigenvalue weighted by molar-refractivity contribution is 5.93. The number of nitrogens with zero attached hydrogens (tertiary/aromatic N) is 4. The molecular weight excluding hydrogens is 316 g/mol. The van der Waals surface area contributed by atoms with Crippen molar-refractivity contribution in [2.75, 3.05) is 26.2 Å². The monoisotopic (exact) mass is 340 g/mol. The number of aryl methyl sites for hydroxylation is 3. The molecule has 2 aromatic rings. The van der Waals surface area contributed by atoms with E-state index in [2.05, 4.69) is 37.1 Å². The second kappa shape index (κ2) is 6.70. The molecule has 0 aliphatic carbocycles. The van der Waals surface area contributed by atoms with E-state index in [1.165, 1.54) is 5.56 Å². The third-order valence-electron chi connectivity index (χ3n) is 4.78. The highest BCUT2D eigenvalue weighted by Crippen LogP contribution is 2.25. The molecule has 2 amide bonds. The van der Waals surface area contributed by atoms with E-state index in [4.69, 9.17) is 0 Å². The van der Waals surface area contributed by atoms with Crippen LogP contribution in [0.15, 0.2) is 24.3 Å². The summed E-state index contributed by atoms with van der Waals surface area (Å²) < 4.78 is 1.76. The van der Waals surface area contributed by atoms with Gasteiger partial charge in [0.25, 0.3) is 5.91 Å². The van der Waals surface area contributed by atoms with E-state index in [1.807, 2.05) is 13.1 Å². The van der Waals surface area contributed by atoms with E-state index in [0.29, 0.717) is 31.9 Å². The number of piperazine rings is 1. The average molecular weight is 340 g/mol. The summed E-state index contributed by atoms with van der Waals surface area (Å²) in [6.07, 6.45) is 0. The van der Waals surface area contributed by atoms with Gasteiger partial charge in [-0.3, -0.25) is 14.3 Å². The largest absolute Gasteiger partial charge is 0.339 e. The number of hydrogen-bond acceptors (Lipinski definition) is 3. The summed E-state index contributed by atoms with van der Waals surface area (Å²) in [6.45, 7) is 7.94. The first kappa shape index (κ1) is 17.2. The molecule has 1 aliphatic heterocycles. The molecule has 132 valence electrons. The van der Waals surface area contributed by atoms with Crippen molar-refractivity contribution in [1.29, 1.82) is 0 Å². The van der Waals surface area contributed by atoms with Crippen molar-refractivity contribution >= 4 is 11.8 Å². The Morgan fingerprint density at radius 3 is 2.28 bits per heavy atom. The number of aromatic nitrogens is 2. The van der Waals surface area contributed by atoms with Gasteiger partial charge in [0.05, 0.1) is 5.69 Å². The quantitative estimate of drug-likeness (QED) is 0.840. The Bertz CT molecular complexity index is 817. The van der Waals surface area contributed by atoms with Crippen LogP contribution in [0.1, 0.15) is 28.5 Å². The van der Waals surface area contributed by atoms with Crippen molar-refractivity contribution in [1.82, 2.24) is 19.6 Å². The highest BCUT2D eigenvalue weighted by Gasteiger charge is 2.25. The molecule has 0 unspecified atom stereocenters. The minimum absolute atomic E-state index is 0.0575.